The van der Waals surface area contributed by atoms with Crippen molar-refractivity contribution in [1.29, 1.82) is 0 Å². The topological polar surface area (TPSA) is 59.5 Å². The first kappa shape index (κ1) is 15.3. The van der Waals surface area contributed by atoms with Crippen molar-refractivity contribution in [3.05, 3.63) is 58.0 Å². The Bertz CT molecular complexity index is 659. The van der Waals surface area contributed by atoms with Gasteiger partial charge in [-0.15, -0.1) is 0 Å². The monoisotopic (exact) mass is 286 g/mol. The van der Waals surface area contributed by atoms with Crippen LogP contribution in [0.25, 0.3) is 0 Å². The molecule has 1 heterocycles. The summed E-state index contributed by atoms with van der Waals surface area (Å²) in [6, 6.07) is 7.92. The van der Waals surface area contributed by atoms with Gasteiger partial charge in [-0.05, 0) is 31.9 Å². The minimum absolute atomic E-state index is 0.0197. The van der Waals surface area contributed by atoms with Gasteiger partial charge < -0.3 is 15.1 Å². The molecule has 0 radical (unpaired) electrons. The lowest BCUT2D eigenvalue weighted by molar-refractivity contribution is 0.0782. The number of furan rings is 1. The van der Waals surface area contributed by atoms with Gasteiger partial charge in [0.15, 0.2) is 0 Å². The van der Waals surface area contributed by atoms with Crippen LogP contribution in [0.3, 0.4) is 0 Å². The standard InChI is InChI=1S/C17H22N2O2/c1-11-12(2)21-13(3)16(11)17(20)19(4)10-15-8-6-5-7-14(15)9-18/h5-8H,9-10,18H2,1-4H3. The normalized spacial score (nSPS) is 10.7. The molecular formula is C17H22N2O2. The van der Waals surface area contributed by atoms with Crippen molar-refractivity contribution < 1.29 is 9.21 Å². The van der Waals surface area contributed by atoms with Crippen LogP contribution in [0.15, 0.2) is 28.7 Å². The van der Waals surface area contributed by atoms with Gasteiger partial charge in [0.1, 0.15) is 11.5 Å². The molecule has 1 aromatic carbocycles. The minimum atomic E-state index is -0.0197. The third-order valence-electron chi connectivity index (χ3n) is 3.87. The van der Waals surface area contributed by atoms with Crippen LogP contribution >= 0.6 is 0 Å². The number of aryl methyl sites for hydroxylation is 2. The quantitative estimate of drug-likeness (QED) is 0.940. The number of hydrogen-bond acceptors (Lipinski definition) is 3. The predicted octanol–water partition coefficient (Wildman–Crippen LogP) is 2.94. The van der Waals surface area contributed by atoms with Crippen molar-refractivity contribution in [1.82, 2.24) is 4.90 Å². The fraction of sp³-hybridized carbons (Fsp3) is 0.353. The Labute approximate surface area is 125 Å². The molecule has 2 rings (SSSR count). The highest BCUT2D eigenvalue weighted by Crippen LogP contribution is 2.23. The van der Waals surface area contributed by atoms with E-state index in [1.807, 2.05) is 45.0 Å². The molecule has 0 atom stereocenters. The molecule has 1 aromatic heterocycles. The number of nitrogens with two attached hydrogens (primary N) is 1. The van der Waals surface area contributed by atoms with E-state index in [-0.39, 0.29) is 5.91 Å². The number of benzene rings is 1. The summed E-state index contributed by atoms with van der Waals surface area (Å²) in [7, 11) is 1.80. The third-order valence-corrected chi connectivity index (χ3v) is 3.87. The van der Waals surface area contributed by atoms with Gasteiger partial charge in [-0.3, -0.25) is 4.79 Å². The smallest absolute Gasteiger partial charge is 0.257 e. The summed E-state index contributed by atoms with van der Waals surface area (Å²) in [6.45, 7) is 6.63. The Balaban J connectivity index is 2.24. The molecule has 4 heteroatoms. The molecule has 0 saturated heterocycles. The first-order chi connectivity index (χ1) is 9.95. The zero-order valence-electron chi connectivity index (χ0n) is 13.1. The number of amides is 1. The number of carbonyl (C=O) groups is 1. The molecule has 2 aromatic rings. The molecule has 112 valence electrons. The van der Waals surface area contributed by atoms with Gasteiger partial charge in [0, 0.05) is 25.7 Å². The van der Waals surface area contributed by atoms with Gasteiger partial charge in [-0.2, -0.15) is 0 Å². The van der Waals surface area contributed by atoms with Crippen molar-refractivity contribution in [2.24, 2.45) is 5.73 Å². The van der Waals surface area contributed by atoms with Crippen molar-refractivity contribution >= 4 is 5.91 Å². The summed E-state index contributed by atoms with van der Waals surface area (Å²) >= 11 is 0. The number of hydrogen-bond donors (Lipinski definition) is 1. The Morgan fingerprint density at radius 1 is 1.14 bits per heavy atom. The summed E-state index contributed by atoms with van der Waals surface area (Å²) in [4.78, 5) is 14.3. The highest BCUT2D eigenvalue weighted by atomic mass is 16.3. The lowest BCUT2D eigenvalue weighted by atomic mass is 10.1. The van der Waals surface area contributed by atoms with E-state index in [0.29, 0.717) is 24.4 Å². The SMILES string of the molecule is Cc1oc(C)c(C(=O)N(C)Cc2ccccc2CN)c1C. The number of carbonyl (C=O) groups excluding carboxylic acids is 1. The maximum atomic E-state index is 12.6. The van der Waals surface area contributed by atoms with Gasteiger partial charge in [0.25, 0.3) is 5.91 Å². The van der Waals surface area contributed by atoms with E-state index < -0.39 is 0 Å². The Kier molecular flexibility index (Phi) is 4.48. The average Bonchev–Trinajstić information content (AvgIpc) is 2.72. The van der Waals surface area contributed by atoms with E-state index in [2.05, 4.69) is 0 Å². The van der Waals surface area contributed by atoms with Crippen molar-refractivity contribution in [3.63, 3.8) is 0 Å². The van der Waals surface area contributed by atoms with Gasteiger partial charge in [-0.1, -0.05) is 24.3 Å². The van der Waals surface area contributed by atoms with Crippen LogP contribution in [-0.2, 0) is 13.1 Å². The predicted molar refractivity (Wildman–Crippen MR) is 83.0 cm³/mol. The third kappa shape index (κ3) is 3.00. The number of nitrogens with zero attached hydrogens (tertiary/aromatic N) is 1. The molecule has 0 bridgehead atoms. The largest absolute Gasteiger partial charge is 0.466 e. The van der Waals surface area contributed by atoms with Crippen LogP contribution in [-0.4, -0.2) is 17.9 Å². The summed E-state index contributed by atoms with van der Waals surface area (Å²) in [6.07, 6.45) is 0. The van der Waals surface area contributed by atoms with E-state index in [4.69, 9.17) is 10.2 Å². The van der Waals surface area contributed by atoms with Crippen LogP contribution in [0, 0.1) is 20.8 Å². The van der Waals surface area contributed by atoms with Crippen molar-refractivity contribution in [2.75, 3.05) is 7.05 Å². The van der Waals surface area contributed by atoms with Crippen LogP contribution in [0.5, 0.6) is 0 Å². The van der Waals surface area contributed by atoms with Crippen LogP contribution in [0.2, 0.25) is 0 Å². The van der Waals surface area contributed by atoms with Gasteiger partial charge in [-0.25, -0.2) is 0 Å². The molecule has 2 N–H and O–H groups in total. The van der Waals surface area contributed by atoms with Crippen molar-refractivity contribution in [3.8, 4) is 0 Å². The maximum absolute atomic E-state index is 12.6. The molecule has 0 unspecified atom stereocenters. The average molecular weight is 286 g/mol. The maximum Gasteiger partial charge on any atom is 0.257 e. The fourth-order valence-electron chi connectivity index (χ4n) is 2.54. The van der Waals surface area contributed by atoms with Gasteiger partial charge in [0.2, 0.25) is 0 Å². The summed E-state index contributed by atoms with van der Waals surface area (Å²) in [5.74, 6) is 1.45. The first-order valence-electron chi connectivity index (χ1n) is 7.04. The van der Waals surface area contributed by atoms with Crippen LogP contribution in [0.4, 0.5) is 0 Å². The van der Waals surface area contributed by atoms with Crippen LogP contribution in [0.1, 0.15) is 38.6 Å². The molecule has 21 heavy (non-hydrogen) atoms. The second-order valence-electron chi connectivity index (χ2n) is 5.35. The number of rotatable bonds is 4. The lowest BCUT2D eigenvalue weighted by Crippen LogP contribution is -2.27. The minimum Gasteiger partial charge on any atom is -0.466 e. The van der Waals surface area contributed by atoms with E-state index in [1.54, 1.807) is 11.9 Å². The van der Waals surface area contributed by atoms with Crippen LogP contribution < -0.4 is 5.73 Å². The molecule has 0 aliphatic heterocycles. The molecule has 1 amide bonds. The molecule has 0 saturated carbocycles. The Morgan fingerprint density at radius 3 is 2.29 bits per heavy atom. The molecule has 4 nitrogen and oxygen atoms in total. The van der Waals surface area contributed by atoms with E-state index >= 15 is 0 Å². The second kappa shape index (κ2) is 6.14. The Hall–Kier alpha value is -2.07. The van der Waals surface area contributed by atoms with E-state index in [9.17, 15) is 4.79 Å². The van der Waals surface area contributed by atoms with Gasteiger partial charge >= 0.3 is 0 Å². The molecule has 0 aliphatic carbocycles. The lowest BCUT2D eigenvalue weighted by Gasteiger charge is -2.19. The van der Waals surface area contributed by atoms with E-state index in [1.165, 1.54) is 0 Å². The van der Waals surface area contributed by atoms with Gasteiger partial charge in [0.05, 0.1) is 5.56 Å². The zero-order chi connectivity index (χ0) is 15.6. The highest BCUT2D eigenvalue weighted by Gasteiger charge is 2.22. The Morgan fingerprint density at radius 2 is 1.76 bits per heavy atom. The van der Waals surface area contributed by atoms with E-state index in [0.717, 1.165) is 22.5 Å². The molecular weight excluding hydrogens is 264 g/mol. The summed E-state index contributed by atoms with van der Waals surface area (Å²) < 4.78 is 5.54. The summed E-state index contributed by atoms with van der Waals surface area (Å²) in [5, 5.41) is 0. The van der Waals surface area contributed by atoms with Crippen molar-refractivity contribution in [2.45, 2.75) is 33.9 Å². The summed E-state index contributed by atoms with van der Waals surface area (Å²) in [5.41, 5.74) is 9.47. The fourth-order valence-corrected chi connectivity index (χ4v) is 2.54. The molecule has 0 spiro atoms. The molecule has 0 fully saturated rings. The zero-order valence-corrected chi connectivity index (χ0v) is 13.1. The molecule has 0 aliphatic rings. The second-order valence-corrected chi connectivity index (χ2v) is 5.35. The highest BCUT2D eigenvalue weighted by molar-refractivity contribution is 5.96. The first-order valence-corrected chi connectivity index (χ1v) is 7.04.